The van der Waals surface area contributed by atoms with Crippen molar-refractivity contribution in [2.45, 2.75) is 0 Å². The SMILES string of the molecule is [2H]c1c([2H])c(-c2ccc3ccccc3c2)c([2H])c(N(c2ccccc2)c2ccc(-c3ccc(-c4ccccc4)cc3)cc2)c1[2H]. The fourth-order valence-electron chi connectivity index (χ4n) is 5.21. The van der Waals surface area contributed by atoms with Crippen molar-refractivity contribution in [3.8, 4) is 33.4 Å². The van der Waals surface area contributed by atoms with E-state index in [1.807, 2.05) is 120 Å². The van der Waals surface area contributed by atoms with Crippen molar-refractivity contribution in [1.82, 2.24) is 0 Å². The van der Waals surface area contributed by atoms with Crippen LogP contribution in [-0.4, -0.2) is 0 Å². The molecule has 0 saturated heterocycles. The van der Waals surface area contributed by atoms with E-state index in [1.54, 1.807) is 0 Å². The Bertz CT molecular complexity index is 2130. The van der Waals surface area contributed by atoms with Gasteiger partial charge in [-0.2, -0.15) is 0 Å². The molecule has 1 heteroatoms. The summed E-state index contributed by atoms with van der Waals surface area (Å²) in [4.78, 5) is 1.86. The number of hydrogen-bond donors (Lipinski definition) is 0. The Labute approximate surface area is 247 Å². The summed E-state index contributed by atoms with van der Waals surface area (Å²) in [5.41, 5.74) is 7.27. The molecule has 7 rings (SSSR count). The largest absolute Gasteiger partial charge is 0.310 e. The third-order valence-electron chi connectivity index (χ3n) is 7.34. The van der Waals surface area contributed by atoms with Crippen molar-refractivity contribution in [1.29, 1.82) is 0 Å². The third kappa shape index (κ3) is 5.14. The Hall–Kier alpha value is -5.40. The van der Waals surface area contributed by atoms with Crippen molar-refractivity contribution in [2.75, 3.05) is 4.90 Å². The minimum atomic E-state index is -0.208. The molecule has 1 nitrogen and oxygen atoms in total. The quantitative estimate of drug-likeness (QED) is 0.208. The van der Waals surface area contributed by atoms with Crippen molar-refractivity contribution >= 4 is 27.8 Å². The molecule has 7 aromatic rings. The molecule has 0 aliphatic carbocycles. The predicted molar refractivity (Wildman–Crippen MR) is 175 cm³/mol. The van der Waals surface area contributed by atoms with Crippen LogP contribution in [0.3, 0.4) is 0 Å². The number of anilines is 3. The summed E-state index contributed by atoms with van der Waals surface area (Å²) in [5.74, 6) is 0. The summed E-state index contributed by atoms with van der Waals surface area (Å²) in [6.45, 7) is 0. The molecular formula is C40H29N. The normalized spacial score (nSPS) is 12.3. The minimum Gasteiger partial charge on any atom is -0.310 e. The minimum absolute atomic E-state index is 0.0423. The summed E-state index contributed by atoms with van der Waals surface area (Å²) in [5, 5.41) is 2.05. The van der Waals surface area contributed by atoms with Crippen LogP contribution in [0.15, 0.2) is 176 Å². The Kier molecular flexibility index (Phi) is 5.50. The second kappa shape index (κ2) is 11.0. The maximum Gasteiger partial charge on any atom is 0.0651 e. The number of fused-ring (bicyclic) bond motifs is 1. The molecule has 0 radical (unpaired) electrons. The molecule has 0 fully saturated rings. The lowest BCUT2D eigenvalue weighted by Gasteiger charge is -2.26. The lowest BCUT2D eigenvalue weighted by molar-refractivity contribution is 1.28. The van der Waals surface area contributed by atoms with Gasteiger partial charge in [0.25, 0.3) is 0 Å². The molecule has 194 valence electrons. The van der Waals surface area contributed by atoms with Gasteiger partial charge in [0.2, 0.25) is 0 Å². The first-order valence-electron chi connectivity index (χ1n) is 15.7. The topological polar surface area (TPSA) is 3.24 Å². The average Bonchev–Trinajstić information content (AvgIpc) is 3.10. The van der Waals surface area contributed by atoms with Crippen LogP contribution in [-0.2, 0) is 0 Å². The predicted octanol–water partition coefficient (Wildman–Crippen LogP) is 11.3. The highest BCUT2D eigenvalue weighted by molar-refractivity contribution is 5.88. The van der Waals surface area contributed by atoms with Crippen molar-refractivity contribution < 1.29 is 5.48 Å². The van der Waals surface area contributed by atoms with Gasteiger partial charge < -0.3 is 4.90 Å². The van der Waals surface area contributed by atoms with E-state index >= 15 is 0 Å². The maximum absolute atomic E-state index is 9.40. The van der Waals surface area contributed by atoms with Gasteiger partial charge in [0.15, 0.2) is 0 Å². The zero-order valence-corrected chi connectivity index (χ0v) is 22.4. The lowest BCUT2D eigenvalue weighted by Crippen LogP contribution is -2.09. The molecule has 0 bridgehead atoms. The molecule has 0 aliphatic heterocycles. The highest BCUT2D eigenvalue weighted by Gasteiger charge is 2.14. The van der Waals surface area contributed by atoms with E-state index in [0.29, 0.717) is 11.1 Å². The summed E-state index contributed by atoms with van der Waals surface area (Å²) in [6, 6.07) is 49.8. The van der Waals surface area contributed by atoms with Crippen LogP contribution in [0.4, 0.5) is 17.1 Å². The molecule has 0 aromatic heterocycles. The lowest BCUT2D eigenvalue weighted by atomic mass is 9.99. The number of para-hydroxylation sites is 1. The Morgan fingerprint density at radius 1 is 0.366 bits per heavy atom. The van der Waals surface area contributed by atoms with Crippen LogP contribution in [0.5, 0.6) is 0 Å². The van der Waals surface area contributed by atoms with Crippen LogP contribution in [0.2, 0.25) is 0 Å². The molecule has 0 spiro atoms. The molecule has 7 aromatic carbocycles. The second-order valence-corrected chi connectivity index (χ2v) is 9.95. The van der Waals surface area contributed by atoms with Crippen molar-refractivity contribution in [2.24, 2.45) is 0 Å². The van der Waals surface area contributed by atoms with E-state index in [0.717, 1.165) is 38.8 Å². The second-order valence-electron chi connectivity index (χ2n) is 9.95. The maximum atomic E-state index is 9.40. The zero-order valence-electron chi connectivity index (χ0n) is 26.4. The summed E-state index contributed by atoms with van der Waals surface area (Å²) >= 11 is 0. The number of nitrogens with zero attached hydrogens (tertiary/aromatic N) is 1. The Balaban J connectivity index is 1.33. The van der Waals surface area contributed by atoms with Crippen LogP contribution in [0.1, 0.15) is 5.48 Å². The van der Waals surface area contributed by atoms with Crippen LogP contribution < -0.4 is 4.90 Å². The van der Waals surface area contributed by atoms with E-state index in [9.17, 15) is 1.37 Å². The molecule has 0 heterocycles. The molecule has 0 atom stereocenters. The molecule has 41 heavy (non-hydrogen) atoms. The molecule has 0 saturated carbocycles. The van der Waals surface area contributed by atoms with Crippen LogP contribution >= 0.6 is 0 Å². The summed E-state index contributed by atoms with van der Waals surface area (Å²) in [7, 11) is 0. The standard InChI is InChI=1S/C40H29N/c1-3-10-30(11-4-1)32-18-20-33(21-19-32)34-24-26-39(27-25-34)41(38-15-5-2-6-16-38)40-17-9-14-36(29-40)37-23-22-31-12-7-8-13-35(31)28-37/h1-29H/i9D,14D,17D,29D. The van der Waals surface area contributed by atoms with Crippen molar-refractivity contribution in [3.63, 3.8) is 0 Å². The van der Waals surface area contributed by atoms with Gasteiger partial charge in [-0.3, -0.25) is 0 Å². The molecule has 0 aliphatic rings. The number of benzene rings is 7. The van der Waals surface area contributed by atoms with Gasteiger partial charge in [0.1, 0.15) is 0 Å². The molecular weight excluding hydrogens is 494 g/mol. The Morgan fingerprint density at radius 2 is 0.878 bits per heavy atom. The van der Waals surface area contributed by atoms with Crippen LogP contribution in [0.25, 0.3) is 44.2 Å². The van der Waals surface area contributed by atoms with Gasteiger partial charge >= 0.3 is 0 Å². The summed E-state index contributed by atoms with van der Waals surface area (Å²) in [6.07, 6.45) is 0. The average molecular weight is 528 g/mol. The zero-order chi connectivity index (χ0) is 30.9. The fourth-order valence-corrected chi connectivity index (χ4v) is 5.21. The van der Waals surface area contributed by atoms with Gasteiger partial charge in [0.05, 0.1) is 5.48 Å². The van der Waals surface area contributed by atoms with Crippen molar-refractivity contribution in [3.05, 3.63) is 176 Å². The van der Waals surface area contributed by atoms with Gasteiger partial charge in [-0.15, -0.1) is 0 Å². The van der Waals surface area contributed by atoms with Gasteiger partial charge in [-0.25, -0.2) is 0 Å². The van der Waals surface area contributed by atoms with E-state index in [-0.39, 0.29) is 29.9 Å². The monoisotopic (exact) mass is 527 g/mol. The first kappa shape index (κ1) is 20.5. The smallest absolute Gasteiger partial charge is 0.0651 e. The van der Waals surface area contributed by atoms with E-state index < -0.39 is 0 Å². The van der Waals surface area contributed by atoms with E-state index in [4.69, 9.17) is 4.11 Å². The summed E-state index contributed by atoms with van der Waals surface area (Å²) < 4.78 is 36.0. The van der Waals surface area contributed by atoms with Crippen LogP contribution in [0, 0.1) is 0 Å². The fraction of sp³-hybridized carbons (Fsp3) is 0. The van der Waals surface area contributed by atoms with Gasteiger partial charge in [-0.1, -0.05) is 133 Å². The molecule has 0 N–H and O–H groups in total. The van der Waals surface area contributed by atoms with Gasteiger partial charge in [0, 0.05) is 17.1 Å². The van der Waals surface area contributed by atoms with Gasteiger partial charge in [-0.05, 0) is 86.6 Å². The Morgan fingerprint density at radius 3 is 1.56 bits per heavy atom. The van der Waals surface area contributed by atoms with E-state index in [2.05, 4.69) is 36.4 Å². The molecule has 0 amide bonds. The number of hydrogen-bond acceptors (Lipinski definition) is 1. The first-order valence-corrected chi connectivity index (χ1v) is 13.7. The first-order chi connectivity index (χ1) is 22.0. The number of rotatable bonds is 6. The highest BCUT2D eigenvalue weighted by Crippen LogP contribution is 2.38. The van der Waals surface area contributed by atoms with E-state index in [1.165, 1.54) is 5.56 Å². The third-order valence-corrected chi connectivity index (χ3v) is 7.34. The molecule has 0 unspecified atom stereocenters. The highest BCUT2D eigenvalue weighted by atomic mass is 15.1.